The molecule has 2 N–H and O–H groups in total. The van der Waals surface area contributed by atoms with Crippen LogP contribution in [0.15, 0.2) is 24.3 Å². The molecule has 1 aromatic carbocycles. The number of nitro benzene ring substituents is 1. The van der Waals surface area contributed by atoms with Crippen molar-refractivity contribution in [3.8, 4) is 0 Å². The maximum absolute atomic E-state index is 12.6. The van der Waals surface area contributed by atoms with Crippen LogP contribution in [0.1, 0.15) is 23.2 Å². The normalized spacial score (nSPS) is 18.9. The van der Waals surface area contributed by atoms with Gasteiger partial charge >= 0.3 is 0 Å². The molecule has 1 atom stereocenters. The van der Waals surface area contributed by atoms with Gasteiger partial charge in [0.2, 0.25) is 5.91 Å². The summed E-state index contributed by atoms with van der Waals surface area (Å²) >= 11 is 0. The summed E-state index contributed by atoms with van der Waals surface area (Å²) in [6.45, 7) is 3.00. The van der Waals surface area contributed by atoms with Crippen LogP contribution in [0.25, 0.3) is 0 Å². The monoisotopic (exact) mass is 412 g/mol. The summed E-state index contributed by atoms with van der Waals surface area (Å²) < 4.78 is 5.32. The number of nitrogens with two attached hydrogens (primary N) is 1. The summed E-state index contributed by atoms with van der Waals surface area (Å²) in [6, 6.07) is 5.03. The van der Waals surface area contributed by atoms with E-state index in [0.717, 1.165) is 12.8 Å². The molecular formula is C18H25ClN4O5. The van der Waals surface area contributed by atoms with E-state index in [1.165, 1.54) is 24.3 Å². The number of non-ortho nitro benzene ring substituents is 1. The molecule has 0 aromatic heterocycles. The molecule has 3 rings (SSSR count). The second-order valence-corrected chi connectivity index (χ2v) is 6.90. The second-order valence-electron chi connectivity index (χ2n) is 6.90. The van der Waals surface area contributed by atoms with Gasteiger partial charge in [0.15, 0.2) is 0 Å². The van der Waals surface area contributed by atoms with Crippen LogP contribution in [-0.2, 0) is 9.53 Å². The van der Waals surface area contributed by atoms with Gasteiger partial charge in [0, 0.05) is 57.1 Å². The third kappa shape index (κ3) is 4.98. The fraction of sp³-hybridized carbons (Fsp3) is 0.556. The van der Waals surface area contributed by atoms with E-state index in [1.54, 1.807) is 9.80 Å². The summed E-state index contributed by atoms with van der Waals surface area (Å²) in [5, 5.41) is 10.7. The van der Waals surface area contributed by atoms with Crippen molar-refractivity contribution in [2.75, 3.05) is 39.4 Å². The largest absolute Gasteiger partial charge is 0.381 e. The van der Waals surface area contributed by atoms with Crippen LogP contribution in [0, 0.1) is 16.0 Å². The lowest BCUT2D eigenvalue weighted by Gasteiger charge is -2.37. The Bertz CT molecular complexity index is 700. The van der Waals surface area contributed by atoms with Crippen molar-refractivity contribution < 1.29 is 19.2 Å². The van der Waals surface area contributed by atoms with Crippen LogP contribution in [0.5, 0.6) is 0 Å². The van der Waals surface area contributed by atoms with Crippen molar-refractivity contribution in [1.29, 1.82) is 0 Å². The molecule has 2 saturated heterocycles. The minimum Gasteiger partial charge on any atom is -0.381 e. The first kappa shape index (κ1) is 22.1. The number of amides is 2. The minimum atomic E-state index is -0.522. The van der Waals surface area contributed by atoms with E-state index in [-0.39, 0.29) is 35.8 Å². The topological polar surface area (TPSA) is 119 Å². The Hall–Kier alpha value is -2.23. The van der Waals surface area contributed by atoms with E-state index in [0.29, 0.717) is 45.0 Å². The average molecular weight is 413 g/mol. The molecule has 0 aliphatic carbocycles. The molecule has 2 heterocycles. The first-order chi connectivity index (χ1) is 13.0. The highest BCUT2D eigenvalue weighted by Crippen LogP contribution is 2.20. The van der Waals surface area contributed by atoms with E-state index >= 15 is 0 Å². The quantitative estimate of drug-likeness (QED) is 0.583. The number of nitro groups is 1. The molecule has 28 heavy (non-hydrogen) atoms. The Morgan fingerprint density at radius 3 is 2.14 bits per heavy atom. The van der Waals surface area contributed by atoms with Crippen molar-refractivity contribution in [1.82, 2.24) is 9.80 Å². The Morgan fingerprint density at radius 2 is 1.61 bits per heavy atom. The highest BCUT2D eigenvalue weighted by atomic mass is 35.5. The zero-order valence-corrected chi connectivity index (χ0v) is 16.3. The zero-order chi connectivity index (χ0) is 19.4. The zero-order valence-electron chi connectivity index (χ0n) is 15.5. The van der Waals surface area contributed by atoms with Gasteiger partial charge < -0.3 is 20.3 Å². The SMILES string of the molecule is Cl.NC(C(=O)N1CCN(C(=O)c2ccc([N+](=O)[O-])cc2)CC1)C1CCOCC1. The fourth-order valence-electron chi connectivity index (χ4n) is 3.53. The lowest BCUT2D eigenvalue weighted by molar-refractivity contribution is -0.384. The van der Waals surface area contributed by atoms with E-state index in [4.69, 9.17) is 10.5 Å². The molecular weight excluding hydrogens is 388 g/mol. The molecule has 2 amide bonds. The summed E-state index contributed by atoms with van der Waals surface area (Å²) in [7, 11) is 0. The van der Waals surface area contributed by atoms with Gasteiger partial charge in [-0.3, -0.25) is 19.7 Å². The summed E-state index contributed by atoms with van der Waals surface area (Å²) in [4.78, 5) is 38.8. The maximum Gasteiger partial charge on any atom is 0.269 e. The highest BCUT2D eigenvalue weighted by Gasteiger charge is 2.32. The van der Waals surface area contributed by atoms with E-state index in [1.807, 2.05) is 0 Å². The molecule has 2 aliphatic heterocycles. The molecule has 2 fully saturated rings. The Labute approximate surface area is 169 Å². The number of piperazine rings is 1. The van der Waals surface area contributed by atoms with Gasteiger partial charge in [0.1, 0.15) is 0 Å². The predicted molar refractivity (Wildman–Crippen MR) is 104 cm³/mol. The lowest BCUT2D eigenvalue weighted by Crippen LogP contribution is -2.56. The highest BCUT2D eigenvalue weighted by molar-refractivity contribution is 5.94. The summed E-state index contributed by atoms with van der Waals surface area (Å²) in [5.41, 5.74) is 6.51. The van der Waals surface area contributed by atoms with Crippen molar-refractivity contribution in [2.45, 2.75) is 18.9 Å². The second kappa shape index (κ2) is 9.81. The van der Waals surface area contributed by atoms with Gasteiger partial charge in [0.05, 0.1) is 11.0 Å². The predicted octanol–water partition coefficient (Wildman–Crippen LogP) is 1.05. The smallest absolute Gasteiger partial charge is 0.269 e. The van der Waals surface area contributed by atoms with Crippen LogP contribution < -0.4 is 5.73 Å². The number of carbonyl (C=O) groups excluding carboxylic acids is 2. The van der Waals surface area contributed by atoms with Crippen LogP contribution in [0.2, 0.25) is 0 Å². The van der Waals surface area contributed by atoms with Gasteiger partial charge in [-0.1, -0.05) is 0 Å². The number of rotatable bonds is 4. The van der Waals surface area contributed by atoms with E-state index in [2.05, 4.69) is 0 Å². The van der Waals surface area contributed by atoms with Crippen LogP contribution >= 0.6 is 12.4 Å². The van der Waals surface area contributed by atoms with Crippen molar-refractivity contribution in [3.63, 3.8) is 0 Å². The molecule has 0 radical (unpaired) electrons. The summed E-state index contributed by atoms with van der Waals surface area (Å²) in [5.74, 6) is -0.110. The summed E-state index contributed by atoms with van der Waals surface area (Å²) in [6.07, 6.45) is 1.59. The minimum absolute atomic E-state index is 0. The van der Waals surface area contributed by atoms with Gasteiger partial charge in [-0.2, -0.15) is 0 Å². The molecule has 10 heteroatoms. The fourth-order valence-corrected chi connectivity index (χ4v) is 3.53. The molecule has 1 aromatic rings. The number of benzene rings is 1. The van der Waals surface area contributed by atoms with Gasteiger partial charge in [-0.15, -0.1) is 12.4 Å². The Morgan fingerprint density at radius 1 is 1.07 bits per heavy atom. The number of hydrogen-bond donors (Lipinski definition) is 1. The molecule has 154 valence electrons. The standard InChI is InChI=1S/C18H24N4O5.ClH/c19-16(13-5-11-27-12-6-13)18(24)21-9-7-20(8-10-21)17(23)14-1-3-15(4-2-14)22(25)26;/h1-4,13,16H,5-12,19H2;1H. The maximum atomic E-state index is 12.6. The van der Waals surface area contributed by atoms with Crippen LogP contribution in [0.3, 0.4) is 0 Å². The number of ether oxygens (including phenoxy) is 1. The van der Waals surface area contributed by atoms with Gasteiger partial charge in [0.25, 0.3) is 11.6 Å². The Kier molecular flexibility index (Phi) is 7.73. The first-order valence-corrected chi connectivity index (χ1v) is 9.13. The van der Waals surface area contributed by atoms with Crippen molar-refractivity contribution >= 4 is 29.9 Å². The lowest BCUT2D eigenvalue weighted by atomic mass is 9.91. The van der Waals surface area contributed by atoms with Crippen LogP contribution in [0.4, 0.5) is 5.69 Å². The Balaban J connectivity index is 0.00000280. The molecule has 0 bridgehead atoms. The number of nitrogens with zero attached hydrogens (tertiary/aromatic N) is 3. The average Bonchev–Trinajstić information content (AvgIpc) is 2.73. The van der Waals surface area contributed by atoms with Gasteiger partial charge in [-0.25, -0.2) is 0 Å². The number of halogens is 1. The number of carbonyl (C=O) groups is 2. The van der Waals surface area contributed by atoms with Crippen molar-refractivity contribution in [3.05, 3.63) is 39.9 Å². The molecule has 9 nitrogen and oxygen atoms in total. The third-order valence-corrected chi connectivity index (χ3v) is 5.26. The first-order valence-electron chi connectivity index (χ1n) is 9.13. The molecule has 0 saturated carbocycles. The molecule has 2 aliphatic rings. The van der Waals surface area contributed by atoms with Gasteiger partial charge in [-0.05, 0) is 30.9 Å². The molecule has 1 unspecified atom stereocenters. The van der Waals surface area contributed by atoms with Crippen molar-refractivity contribution in [2.24, 2.45) is 11.7 Å². The molecule has 0 spiro atoms. The van der Waals surface area contributed by atoms with E-state index in [9.17, 15) is 19.7 Å². The van der Waals surface area contributed by atoms with E-state index < -0.39 is 11.0 Å². The van der Waals surface area contributed by atoms with Crippen LogP contribution in [-0.4, -0.2) is 72.0 Å². The third-order valence-electron chi connectivity index (χ3n) is 5.26. The number of hydrogen-bond acceptors (Lipinski definition) is 6.